The lowest BCUT2D eigenvalue weighted by molar-refractivity contribution is -0.0907. The average Bonchev–Trinajstić information content (AvgIpc) is 3.88. The lowest BCUT2D eigenvalue weighted by Gasteiger charge is -2.31. The molecule has 5 atom stereocenters. The van der Waals surface area contributed by atoms with Gasteiger partial charge in [0.15, 0.2) is 17.8 Å². The summed E-state index contributed by atoms with van der Waals surface area (Å²) in [6.07, 6.45) is -1.15. The zero-order valence-electron chi connectivity index (χ0n) is 27.0. The van der Waals surface area contributed by atoms with Gasteiger partial charge < -0.3 is 38.8 Å². The number of nitrogens with one attached hydrogen (secondary N) is 1. The number of aliphatic hydroxyl groups is 1. The smallest absolute Gasteiger partial charge is 0.407 e. The number of sulfonamides is 1. The van der Waals surface area contributed by atoms with Gasteiger partial charge in [-0.3, -0.25) is 0 Å². The van der Waals surface area contributed by atoms with Crippen LogP contribution < -0.4 is 19.5 Å². The predicted molar refractivity (Wildman–Crippen MR) is 177 cm³/mol. The molecule has 14 heteroatoms. The Balaban J connectivity index is 1.17. The van der Waals surface area contributed by atoms with Gasteiger partial charge >= 0.3 is 6.09 Å². The molecule has 2 fully saturated rings. The highest BCUT2D eigenvalue weighted by atomic mass is 32.2. The first-order chi connectivity index (χ1) is 23.2. The van der Waals surface area contributed by atoms with Crippen LogP contribution >= 0.6 is 11.3 Å². The van der Waals surface area contributed by atoms with Crippen LogP contribution in [0.15, 0.2) is 64.2 Å². The van der Waals surface area contributed by atoms with Crippen LogP contribution in [0.1, 0.15) is 31.4 Å². The number of benzene rings is 2. The molecule has 1 amide bonds. The van der Waals surface area contributed by atoms with Crippen molar-refractivity contribution in [2.45, 2.75) is 62.5 Å². The maximum atomic E-state index is 13.9. The number of thiophene rings is 1. The molecule has 3 aliphatic rings. The van der Waals surface area contributed by atoms with Crippen LogP contribution in [0.25, 0.3) is 0 Å². The number of alkyl carbamates (subject to hydrolysis) is 1. The molecule has 0 bridgehead atoms. The number of hydrogen-bond acceptors (Lipinski definition) is 11. The molecular weight excluding hydrogens is 661 g/mol. The highest BCUT2D eigenvalue weighted by Crippen LogP contribution is 2.35. The normalized spacial score (nSPS) is 21.3. The summed E-state index contributed by atoms with van der Waals surface area (Å²) in [5.41, 5.74) is 2.03. The fraction of sp³-hybridized carbons (Fsp3) is 0.500. The van der Waals surface area contributed by atoms with Crippen molar-refractivity contribution in [1.82, 2.24) is 9.62 Å². The highest BCUT2D eigenvalue weighted by molar-refractivity contribution is 7.89. The SMILES string of the molecule is CC(C)CN(C[C@@H](O)[C@H](Cc1ccc(OCCc2ccsc2)cc1)NC(=O)O[C@H]1CO[C@H]2OCC[C@H]21)S(=O)(=O)c1ccc2c(c1)OCO2. The van der Waals surface area contributed by atoms with Crippen molar-refractivity contribution in [3.63, 3.8) is 0 Å². The second-order valence-corrected chi connectivity index (χ2v) is 15.3. The Hall–Kier alpha value is -3.40. The fourth-order valence-corrected chi connectivity index (χ4v) is 8.39. The molecule has 2 aromatic carbocycles. The van der Waals surface area contributed by atoms with Gasteiger partial charge in [0.25, 0.3) is 0 Å². The quantitative estimate of drug-likeness (QED) is 0.237. The molecule has 3 aliphatic heterocycles. The second kappa shape index (κ2) is 15.4. The van der Waals surface area contributed by atoms with E-state index in [1.54, 1.807) is 17.4 Å². The minimum atomic E-state index is -4.06. The van der Waals surface area contributed by atoms with Gasteiger partial charge in [-0.1, -0.05) is 26.0 Å². The Kier molecular flexibility index (Phi) is 11.1. The monoisotopic (exact) mass is 702 g/mol. The van der Waals surface area contributed by atoms with E-state index in [-0.39, 0.29) is 55.9 Å². The molecule has 0 aliphatic carbocycles. The van der Waals surface area contributed by atoms with Crippen LogP contribution in [0.4, 0.5) is 4.79 Å². The van der Waals surface area contributed by atoms with Crippen LogP contribution in [0.2, 0.25) is 0 Å². The lowest BCUT2D eigenvalue weighted by Crippen LogP contribution is -2.51. The predicted octanol–water partition coefficient (Wildman–Crippen LogP) is 4.20. The number of aliphatic hydroxyl groups excluding tert-OH is 1. The van der Waals surface area contributed by atoms with Crippen molar-refractivity contribution in [2.24, 2.45) is 11.8 Å². The van der Waals surface area contributed by atoms with Crippen molar-refractivity contribution in [1.29, 1.82) is 0 Å². The van der Waals surface area contributed by atoms with E-state index < -0.39 is 34.4 Å². The number of carbonyl (C=O) groups excluding carboxylic acids is 1. The van der Waals surface area contributed by atoms with Gasteiger partial charge in [0.2, 0.25) is 16.8 Å². The van der Waals surface area contributed by atoms with Crippen LogP contribution in [0, 0.1) is 11.8 Å². The standard InChI is InChI=1S/C34H42N2O10S2/c1-22(2)17-36(48(39,40)26-7-8-30-31(16-26)45-21-44-30)18-29(37)28(35-34(38)46-32-19-43-33-27(32)10-13-42-33)15-23-3-5-25(6-4-23)41-12-9-24-11-14-47-20-24/h3-8,11,14,16,20,22,27-29,32-33,37H,9-10,12-13,15,17-19,21H2,1-2H3,(H,35,38)/t27-,28-,29+,32-,33+/m0/s1. The van der Waals surface area contributed by atoms with Gasteiger partial charge in [-0.15, -0.1) is 0 Å². The minimum absolute atomic E-state index is 0.0142. The van der Waals surface area contributed by atoms with Gasteiger partial charge in [-0.05, 0) is 71.0 Å². The van der Waals surface area contributed by atoms with E-state index in [2.05, 4.69) is 16.8 Å². The molecule has 0 saturated carbocycles. The molecule has 0 spiro atoms. The maximum Gasteiger partial charge on any atom is 0.407 e. The first-order valence-electron chi connectivity index (χ1n) is 16.2. The summed E-state index contributed by atoms with van der Waals surface area (Å²) >= 11 is 1.65. The number of rotatable bonds is 15. The fourth-order valence-electron chi connectivity index (χ4n) is 6.05. The van der Waals surface area contributed by atoms with Gasteiger partial charge in [0, 0.05) is 25.6 Å². The Bertz CT molecular complexity index is 1620. The molecule has 0 radical (unpaired) electrons. The summed E-state index contributed by atoms with van der Waals surface area (Å²) in [6.45, 7) is 4.98. The first kappa shape index (κ1) is 34.5. The summed E-state index contributed by atoms with van der Waals surface area (Å²) in [4.78, 5) is 13.3. The third-order valence-corrected chi connectivity index (χ3v) is 11.1. The Morgan fingerprint density at radius 2 is 1.88 bits per heavy atom. The number of ether oxygens (including phenoxy) is 6. The number of fused-ring (bicyclic) bond motifs is 2. The number of hydrogen-bond donors (Lipinski definition) is 2. The van der Waals surface area contributed by atoms with E-state index in [0.717, 1.165) is 18.4 Å². The lowest BCUT2D eigenvalue weighted by atomic mass is 10.0. The molecule has 0 unspecified atom stereocenters. The Morgan fingerprint density at radius 1 is 1.06 bits per heavy atom. The van der Waals surface area contributed by atoms with Crippen molar-refractivity contribution in [2.75, 3.05) is 39.7 Å². The molecule has 1 aromatic heterocycles. The van der Waals surface area contributed by atoms with E-state index in [9.17, 15) is 18.3 Å². The number of carbonyl (C=O) groups is 1. The summed E-state index contributed by atoms with van der Waals surface area (Å²) in [6, 6.07) is 13.1. The van der Waals surface area contributed by atoms with E-state index >= 15 is 0 Å². The molecule has 3 aromatic rings. The maximum absolute atomic E-state index is 13.9. The molecule has 2 N–H and O–H groups in total. The van der Waals surface area contributed by atoms with Crippen molar-refractivity contribution >= 4 is 27.5 Å². The van der Waals surface area contributed by atoms with Crippen molar-refractivity contribution < 1.29 is 46.7 Å². The van der Waals surface area contributed by atoms with Gasteiger partial charge in [0.1, 0.15) is 11.9 Å². The first-order valence-corrected chi connectivity index (χ1v) is 18.5. The summed E-state index contributed by atoms with van der Waals surface area (Å²) < 4.78 is 62.6. The molecule has 2 saturated heterocycles. The largest absolute Gasteiger partial charge is 0.493 e. The second-order valence-electron chi connectivity index (χ2n) is 12.6. The van der Waals surface area contributed by atoms with E-state index in [1.165, 1.54) is 22.0 Å². The van der Waals surface area contributed by atoms with E-state index in [4.69, 9.17) is 28.4 Å². The molecule has 4 heterocycles. The minimum Gasteiger partial charge on any atom is -0.493 e. The van der Waals surface area contributed by atoms with Crippen LogP contribution in [0.3, 0.4) is 0 Å². The molecule has 6 rings (SSSR count). The third kappa shape index (κ3) is 8.41. The molecule has 260 valence electrons. The third-order valence-electron chi connectivity index (χ3n) is 8.57. The average molecular weight is 703 g/mol. The highest BCUT2D eigenvalue weighted by Gasteiger charge is 2.44. The summed E-state index contributed by atoms with van der Waals surface area (Å²) in [5.74, 6) is 1.40. The molecule has 12 nitrogen and oxygen atoms in total. The zero-order chi connectivity index (χ0) is 33.7. The van der Waals surface area contributed by atoms with Crippen LogP contribution in [-0.2, 0) is 37.1 Å². The molecular formula is C34H42N2O10S2. The topological polar surface area (TPSA) is 142 Å². The van der Waals surface area contributed by atoms with Crippen LogP contribution in [-0.4, -0.2) is 88.2 Å². The van der Waals surface area contributed by atoms with Crippen molar-refractivity contribution in [3.8, 4) is 17.2 Å². The summed E-state index contributed by atoms with van der Waals surface area (Å²) in [5, 5.41) is 18.6. The van der Waals surface area contributed by atoms with Gasteiger partial charge in [0.05, 0.1) is 42.8 Å². The summed E-state index contributed by atoms with van der Waals surface area (Å²) in [7, 11) is -4.06. The Labute approximate surface area is 284 Å². The van der Waals surface area contributed by atoms with E-state index in [0.29, 0.717) is 30.5 Å². The number of amides is 1. The van der Waals surface area contributed by atoms with Gasteiger partial charge in [-0.25, -0.2) is 13.2 Å². The van der Waals surface area contributed by atoms with E-state index in [1.807, 2.05) is 43.5 Å². The van der Waals surface area contributed by atoms with Crippen molar-refractivity contribution in [3.05, 3.63) is 70.4 Å². The Morgan fingerprint density at radius 3 is 2.65 bits per heavy atom. The van der Waals surface area contributed by atoms with Gasteiger partial charge in [-0.2, -0.15) is 15.6 Å². The number of nitrogens with zero attached hydrogens (tertiary/aromatic N) is 1. The van der Waals surface area contributed by atoms with Crippen LogP contribution in [0.5, 0.6) is 17.2 Å². The molecule has 48 heavy (non-hydrogen) atoms. The zero-order valence-corrected chi connectivity index (χ0v) is 28.6.